The van der Waals surface area contributed by atoms with Crippen molar-refractivity contribution < 1.29 is 27.6 Å². The minimum Gasteiger partial charge on any atom is -0.497 e. The van der Waals surface area contributed by atoms with Crippen LogP contribution in [-0.2, 0) is 0 Å². The second kappa shape index (κ2) is 12.0. The summed E-state index contributed by atoms with van der Waals surface area (Å²) in [6, 6.07) is 7.54. The number of aromatic nitrogens is 3. The van der Waals surface area contributed by atoms with Crippen LogP contribution < -0.4 is 26.4 Å². The van der Waals surface area contributed by atoms with Crippen LogP contribution in [0.2, 0.25) is 0 Å². The molecular formula is C25H26F2N8O4S. The molecule has 2 heterocycles. The number of nitrogen functional groups attached to an aromatic ring is 1. The van der Waals surface area contributed by atoms with E-state index in [0.717, 1.165) is 17.4 Å². The number of nitrogens with zero attached hydrogens (tertiary/aromatic N) is 4. The summed E-state index contributed by atoms with van der Waals surface area (Å²) in [6.07, 6.45) is 0. The molecule has 0 aliphatic carbocycles. The highest BCUT2D eigenvalue weighted by Crippen LogP contribution is 2.35. The third-order valence-electron chi connectivity index (χ3n) is 5.81. The van der Waals surface area contributed by atoms with Crippen molar-refractivity contribution in [3.8, 4) is 27.9 Å². The van der Waals surface area contributed by atoms with E-state index in [1.165, 1.54) is 19.2 Å². The number of hydrogen-bond donors (Lipinski definition) is 4. The van der Waals surface area contributed by atoms with Crippen LogP contribution in [0, 0.1) is 11.6 Å². The number of halogens is 2. The number of urea groups is 1. The lowest BCUT2D eigenvalue weighted by Crippen LogP contribution is -2.40. The van der Waals surface area contributed by atoms with Crippen LogP contribution in [0.4, 0.5) is 30.2 Å². The molecule has 0 saturated carbocycles. The Hall–Kier alpha value is -4.63. The van der Waals surface area contributed by atoms with E-state index in [1.807, 2.05) is 25.9 Å². The van der Waals surface area contributed by atoms with Gasteiger partial charge in [0.05, 0.1) is 18.4 Å². The Labute approximate surface area is 231 Å². The smallest absolute Gasteiger partial charge is 0.321 e. The minimum atomic E-state index is -0.998. The van der Waals surface area contributed by atoms with E-state index in [9.17, 15) is 18.4 Å². The Balaban J connectivity index is 1.51. The number of amides is 3. The lowest BCUT2D eigenvalue weighted by atomic mass is 10.1. The van der Waals surface area contributed by atoms with Crippen molar-refractivity contribution in [2.24, 2.45) is 0 Å². The minimum absolute atomic E-state index is 0.00276. The number of nitrogens with one attached hydrogen (secondary N) is 3. The van der Waals surface area contributed by atoms with Crippen LogP contribution >= 0.6 is 11.3 Å². The first-order valence-electron chi connectivity index (χ1n) is 11.8. The summed E-state index contributed by atoms with van der Waals surface area (Å²) in [5.41, 5.74) is 5.66. The zero-order valence-corrected chi connectivity index (χ0v) is 22.7. The first kappa shape index (κ1) is 28.4. The Morgan fingerprint density at radius 2 is 1.93 bits per heavy atom. The van der Waals surface area contributed by atoms with Crippen molar-refractivity contribution in [1.29, 1.82) is 0 Å². The molecule has 0 radical (unpaired) electrons. The molecule has 2 aromatic heterocycles. The topological polar surface area (TPSA) is 161 Å². The number of thiazole rings is 1. The molecule has 4 aromatic rings. The number of hydrogen-bond acceptors (Lipinski definition) is 10. The lowest BCUT2D eigenvalue weighted by Gasteiger charge is -2.19. The van der Waals surface area contributed by atoms with Crippen LogP contribution in [0.5, 0.6) is 5.75 Å². The van der Waals surface area contributed by atoms with Gasteiger partial charge in [-0.05, 0) is 45.3 Å². The van der Waals surface area contributed by atoms with Gasteiger partial charge in [0.1, 0.15) is 28.1 Å². The molecule has 5 N–H and O–H groups in total. The van der Waals surface area contributed by atoms with Gasteiger partial charge in [0.2, 0.25) is 5.82 Å². The van der Waals surface area contributed by atoms with E-state index in [1.54, 1.807) is 12.1 Å². The van der Waals surface area contributed by atoms with Crippen LogP contribution in [-0.4, -0.2) is 65.8 Å². The molecule has 0 aliphatic rings. The Morgan fingerprint density at radius 3 is 2.65 bits per heavy atom. The van der Waals surface area contributed by atoms with Gasteiger partial charge in [0.25, 0.3) is 11.8 Å². The summed E-state index contributed by atoms with van der Waals surface area (Å²) in [5.74, 6) is -2.49. The molecule has 0 aliphatic heterocycles. The SMILES string of the molecule is COc1cccc(C(=O)Nc2cc(-c3noc(-c4sc(NC(=O)NCC(C)N(C)C)nc4N)n3)c(F)cc2F)c1. The fourth-order valence-electron chi connectivity index (χ4n) is 3.30. The highest BCUT2D eigenvalue weighted by atomic mass is 32.1. The normalized spacial score (nSPS) is 11.8. The van der Waals surface area contributed by atoms with E-state index in [2.05, 4.69) is 31.1 Å². The number of rotatable bonds is 9. The van der Waals surface area contributed by atoms with Gasteiger partial charge in [-0.3, -0.25) is 10.1 Å². The molecule has 3 amide bonds. The molecule has 2 aromatic carbocycles. The van der Waals surface area contributed by atoms with Crippen LogP contribution in [0.1, 0.15) is 17.3 Å². The van der Waals surface area contributed by atoms with Crippen molar-refractivity contribution in [3.05, 3.63) is 53.6 Å². The lowest BCUT2D eigenvalue weighted by molar-refractivity contribution is 0.102. The summed E-state index contributed by atoms with van der Waals surface area (Å²) < 4.78 is 39.6. The van der Waals surface area contributed by atoms with Gasteiger partial charge in [-0.25, -0.2) is 18.6 Å². The van der Waals surface area contributed by atoms with Gasteiger partial charge in [0.15, 0.2) is 5.13 Å². The fraction of sp³-hybridized carbons (Fsp3) is 0.240. The summed E-state index contributed by atoms with van der Waals surface area (Å²) in [6.45, 7) is 2.36. The highest BCUT2D eigenvalue weighted by Gasteiger charge is 2.22. The van der Waals surface area contributed by atoms with Crippen molar-refractivity contribution in [1.82, 2.24) is 25.3 Å². The molecule has 40 heavy (non-hydrogen) atoms. The quantitative estimate of drug-likeness (QED) is 0.232. The highest BCUT2D eigenvalue weighted by molar-refractivity contribution is 7.19. The average molecular weight is 573 g/mol. The summed E-state index contributed by atoms with van der Waals surface area (Å²) >= 11 is 0.973. The van der Waals surface area contributed by atoms with Gasteiger partial charge >= 0.3 is 6.03 Å². The van der Waals surface area contributed by atoms with Crippen molar-refractivity contribution in [2.45, 2.75) is 13.0 Å². The third kappa shape index (κ3) is 6.50. The molecule has 4 rings (SSSR count). The van der Waals surface area contributed by atoms with E-state index >= 15 is 0 Å². The number of methoxy groups -OCH3 is 1. The maximum absolute atomic E-state index is 14.7. The standard InChI is InChI=1S/C25H26F2N8O4S/c1-12(35(2)3)11-29-24(37)33-25-31-20(28)19(40-25)23-32-21(34-39-23)15-9-18(17(27)10-16(15)26)30-22(36)13-6-5-7-14(8-13)38-4/h5-10,12H,11,28H2,1-4H3,(H,30,36)(H2,29,31,33,37). The Bertz CT molecular complexity index is 1540. The average Bonchev–Trinajstić information content (AvgIpc) is 3.55. The van der Waals surface area contributed by atoms with Gasteiger partial charge in [-0.2, -0.15) is 4.98 Å². The number of carbonyl (C=O) groups is 2. The summed E-state index contributed by atoms with van der Waals surface area (Å²) in [5, 5.41) is 11.7. The molecule has 0 spiro atoms. The number of benzene rings is 2. The van der Waals surface area contributed by atoms with E-state index < -0.39 is 23.6 Å². The van der Waals surface area contributed by atoms with Gasteiger partial charge in [0, 0.05) is 24.2 Å². The third-order valence-corrected chi connectivity index (χ3v) is 6.79. The summed E-state index contributed by atoms with van der Waals surface area (Å²) in [4.78, 5) is 35.3. The van der Waals surface area contributed by atoms with Crippen LogP contribution in [0.25, 0.3) is 22.2 Å². The van der Waals surface area contributed by atoms with Gasteiger partial charge in [-0.15, -0.1) is 0 Å². The van der Waals surface area contributed by atoms with Crippen molar-refractivity contribution in [2.75, 3.05) is 44.1 Å². The van der Waals surface area contributed by atoms with Crippen LogP contribution in [0.15, 0.2) is 40.9 Å². The largest absolute Gasteiger partial charge is 0.497 e. The zero-order chi connectivity index (χ0) is 29.0. The molecular weight excluding hydrogens is 546 g/mol. The van der Waals surface area contributed by atoms with E-state index in [4.69, 9.17) is 15.0 Å². The molecule has 0 bridgehead atoms. The van der Waals surface area contributed by atoms with E-state index in [0.29, 0.717) is 18.4 Å². The van der Waals surface area contributed by atoms with Gasteiger partial charge < -0.3 is 30.5 Å². The van der Waals surface area contributed by atoms with Crippen molar-refractivity contribution >= 4 is 39.9 Å². The first-order chi connectivity index (χ1) is 19.0. The predicted molar refractivity (Wildman–Crippen MR) is 146 cm³/mol. The van der Waals surface area contributed by atoms with Gasteiger partial charge in [-0.1, -0.05) is 22.6 Å². The molecule has 210 valence electrons. The molecule has 1 unspecified atom stereocenters. The molecule has 0 saturated heterocycles. The number of nitrogens with two attached hydrogens (primary N) is 1. The second-order valence-electron chi connectivity index (χ2n) is 8.80. The number of ether oxygens (including phenoxy) is 1. The first-order valence-corrected chi connectivity index (χ1v) is 12.6. The van der Waals surface area contributed by atoms with Crippen LogP contribution in [0.3, 0.4) is 0 Å². The Morgan fingerprint density at radius 1 is 1.15 bits per heavy atom. The van der Waals surface area contributed by atoms with Crippen molar-refractivity contribution in [3.63, 3.8) is 0 Å². The predicted octanol–water partition coefficient (Wildman–Crippen LogP) is 4.05. The maximum atomic E-state index is 14.7. The molecule has 15 heteroatoms. The Kier molecular flexibility index (Phi) is 8.55. The number of likely N-dealkylation sites (N-methyl/N-ethyl adjacent to an activating group) is 1. The molecule has 1 atom stereocenters. The molecule has 12 nitrogen and oxygen atoms in total. The number of carbonyl (C=O) groups excluding carboxylic acids is 2. The maximum Gasteiger partial charge on any atom is 0.321 e. The fourth-order valence-corrected chi connectivity index (χ4v) is 4.10. The molecule has 0 fully saturated rings. The number of anilines is 3. The monoisotopic (exact) mass is 572 g/mol. The summed E-state index contributed by atoms with van der Waals surface area (Å²) in [7, 11) is 5.24. The second-order valence-corrected chi connectivity index (χ2v) is 9.80. The zero-order valence-electron chi connectivity index (χ0n) is 21.9. The van der Waals surface area contributed by atoms with E-state index in [-0.39, 0.29) is 50.4 Å².